The maximum absolute atomic E-state index is 12.9. The summed E-state index contributed by atoms with van der Waals surface area (Å²) in [5, 5.41) is 6.22. The van der Waals surface area contributed by atoms with Crippen molar-refractivity contribution >= 4 is 17.6 Å². The minimum absolute atomic E-state index is 0.169. The molecule has 2 aliphatic rings. The summed E-state index contributed by atoms with van der Waals surface area (Å²) in [6.07, 6.45) is 0. The van der Waals surface area contributed by atoms with Gasteiger partial charge >= 0.3 is 0 Å². The summed E-state index contributed by atoms with van der Waals surface area (Å²) in [4.78, 5) is 19.9. The van der Waals surface area contributed by atoms with E-state index in [0.29, 0.717) is 29.6 Å². The Hall–Kier alpha value is -3.10. The lowest BCUT2D eigenvalue weighted by molar-refractivity contribution is 0.0394. The van der Waals surface area contributed by atoms with Gasteiger partial charge in [-0.1, -0.05) is 12.1 Å². The van der Waals surface area contributed by atoms with E-state index in [9.17, 15) is 4.79 Å². The number of fused-ring (bicyclic) bond motifs is 1. The number of amides is 1. The number of benzene rings is 2. The fourth-order valence-electron chi connectivity index (χ4n) is 3.47. The highest BCUT2D eigenvalue weighted by Crippen LogP contribution is 2.32. The van der Waals surface area contributed by atoms with Gasteiger partial charge in [0.25, 0.3) is 5.91 Å². The average molecular weight is 425 g/mol. The van der Waals surface area contributed by atoms with Crippen molar-refractivity contribution in [1.29, 1.82) is 0 Å². The van der Waals surface area contributed by atoms with Crippen LogP contribution in [0.1, 0.15) is 21.5 Å². The van der Waals surface area contributed by atoms with Crippen molar-refractivity contribution in [2.75, 3.05) is 51.5 Å². The number of nitrogens with zero attached hydrogens (tertiary/aromatic N) is 2. The van der Waals surface area contributed by atoms with Gasteiger partial charge in [-0.25, -0.2) is 0 Å². The van der Waals surface area contributed by atoms with Crippen LogP contribution in [0, 0.1) is 13.8 Å². The summed E-state index contributed by atoms with van der Waals surface area (Å²) in [5.74, 6) is 1.37. The molecule has 0 saturated carbocycles. The Kier molecular flexibility index (Phi) is 6.69. The number of ether oxygens (including phenoxy) is 3. The molecule has 0 aliphatic carbocycles. The standard InChI is InChI=1S/C23H28N4O4/c1-16-4-3-5-19(17(16)2)25-23(24-8-9-27-10-12-29-13-11-27)26-22(28)18-6-7-20-21(14-18)31-15-30-20/h3-7,14H,8-13,15H2,1-2H3,(H2,24,25,26,28). The first-order chi connectivity index (χ1) is 15.1. The molecule has 2 aromatic rings. The molecular formula is C23H28N4O4. The molecule has 31 heavy (non-hydrogen) atoms. The first kappa shape index (κ1) is 21.1. The molecule has 2 heterocycles. The zero-order valence-corrected chi connectivity index (χ0v) is 17.9. The van der Waals surface area contributed by atoms with Crippen LogP contribution >= 0.6 is 0 Å². The molecule has 0 atom stereocenters. The van der Waals surface area contributed by atoms with Gasteiger partial charge in [-0.3, -0.25) is 20.0 Å². The van der Waals surface area contributed by atoms with Gasteiger partial charge < -0.3 is 19.5 Å². The third-order valence-electron chi connectivity index (χ3n) is 5.51. The van der Waals surface area contributed by atoms with Crippen LogP contribution < -0.4 is 20.1 Å². The van der Waals surface area contributed by atoms with Gasteiger partial charge in [-0.15, -0.1) is 0 Å². The van der Waals surface area contributed by atoms with Gasteiger partial charge in [-0.05, 0) is 49.2 Å². The molecule has 2 aliphatic heterocycles. The quantitative estimate of drug-likeness (QED) is 0.567. The lowest BCUT2D eigenvalue weighted by Crippen LogP contribution is -2.39. The zero-order chi connectivity index (χ0) is 21.6. The third-order valence-corrected chi connectivity index (χ3v) is 5.51. The van der Waals surface area contributed by atoms with Crippen molar-refractivity contribution < 1.29 is 19.0 Å². The van der Waals surface area contributed by atoms with E-state index in [0.717, 1.165) is 44.1 Å². The fraction of sp³-hybridized carbons (Fsp3) is 0.391. The predicted molar refractivity (Wildman–Crippen MR) is 119 cm³/mol. The van der Waals surface area contributed by atoms with Crippen LogP contribution in [0.25, 0.3) is 0 Å². The first-order valence-electron chi connectivity index (χ1n) is 10.5. The second-order valence-electron chi connectivity index (χ2n) is 7.58. The molecular weight excluding hydrogens is 396 g/mol. The Balaban J connectivity index is 1.48. The van der Waals surface area contributed by atoms with E-state index in [1.807, 2.05) is 19.1 Å². The summed E-state index contributed by atoms with van der Waals surface area (Å²) in [5.41, 5.74) is 3.67. The van der Waals surface area contributed by atoms with Crippen LogP contribution in [-0.2, 0) is 4.74 Å². The van der Waals surface area contributed by atoms with E-state index in [2.05, 4.69) is 33.5 Å². The Morgan fingerprint density at radius 2 is 1.90 bits per heavy atom. The Morgan fingerprint density at radius 1 is 1.10 bits per heavy atom. The Labute approximate surface area is 182 Å². The number of rotatable bonds is 5. The van der Waals surface area contributed by atoms with Crippen LogP contribution in [0.5, 0.6) is 11.5 Å². The maximum Gasteiger partial charge on any atom is 0.258 e. The summed E-state index contributed by atoms with van der Waals surface area (Å²) in [7, 11) is 0. The van der Waals surface area contributed by atoms with E-state index in [1.54, 1.807) is 18.2 Å². The fourth-order valence-corrected chi connectivity index (χ4v) is 3.47. The summed E-state index contributed by atoms with van der Waals surface area (Å²) < 4.78 is 16.1. The SMILES string of the molecule is Cc1cccc(NC(=NCCN2CCOCC2)NC(=O)c2ccc3c(c2)OCO3)c1C. The average Bonchev–Trinajstić information content (AvgIpc) is 3.25. The van der Waals surface area contributed by atoms with Gasteiger partial charge in [-0.2, -0.15) is 0 Å². The number of carbonyl (C=O) groups is 1. The lowest BCUT2D eigenvalue weighted by Gasteiger charge is -2.25. The van der Waals surface area contributed by atoms with Crippen LogP contribution in [0.4, 0.5) is 5.69 Å². The van der Waals surface area contributed by atoms with Crippen molar-refractivity contribution in [3.63, 3.8) is 0 Å². The Morgan fingerprint density at radius 3 is 2.74 bits per heavy atom. The Bertz CT molecular complexity index is 970. The number of hydrogen-bond acceptors (Lipinski definition) is 6. The largest absolute Gasteiger partial charge is 0.454 e. The number of carbonyl (C=O) groups excluding carboxylic acids is 1. The first-order valence-corrected chi connectivity index (χ1v) is 10.5. The van der Waals surface area contributed by atoms with Crippen LogP contribution in [0.15, 0.2) is 41.4 Å². The number of aryl methyl sites for hydroxylation is 1. The number of morpholine rings is 1. The second-order valence-corrected chi connectivity index (χ2v) is 7.58. The molecule has 0 aromatic heterocycles. The van der Waals surface area contributed by atoms with E-state index < -0.39 is 0 Å². The summed E-state index contributed by atoms with van der Waals surface area (Å²) in [6.45, 7) is 8.94. The smallest absolute Gasteiger partial charge is 0.258 e. The van der Waals surface area contributed by atoms with Gasteiger partial charge in [0.15, 0.2) is 11.5 Å². The molecule has 0 spiro atoms. The third kappa shape index (κ3) is 5.34. The second kappa shape index (κ2) is 9.80. The molecule has 4 rings (SSSR count). The molecule has 0 bridgehead atoms. The maximum atomic E-state index is 12.9. The van der Waals surface area contributed by atoms with Crippen LogP contribution in [0.3, 0.4) is 0 Å². The van der Waals surface area contributed by atoms with E-state index in [1.165, 1.54) is 5.56 Å². The van der Waals surface area contributed by atoms with Crippen molar-refractivity contribution in [2.24, 2.45) is 4.99 Å². The molecule has 1 fully saturated rings. The van der Waals surface area contributed by atoms with Crippen molar-refractivity contribution in [1.82, 2.24) is 10.2 Å². The van der Waals surface area contributed by atoms with Crippen molar-refractivity contribution in [2.45, 2.75) is 13.8 Å². The van der Waals surface area contributed by atoms with Crippen molar-refractivity contribution in [3.05, 3.63) is 53.1 Å². The summed E-state index contributed by atoms with van der Waals surface area (Å²) in [6, 6.07) is 11.2. The normalized spacial score (nSPS) is 16.3. The lowest BCUT2D eigenvalue weighted by atomic mass is 10.1. The van der Waals surface area contributed by atoms with Gasteiger partial charge in [0, 0.05) is 30.9 Å². The number of hydrogen-bond donors (Lipinski definition) is 2. The van der Waals surface area contributed by atoms with Crippen LogP contribution in [-0.4, -0.2) is 63.0 Å². The molecule has 8 heteroatoms. The topological polar surface area (TPSA) is 84.4 Å². The van der Waals surface area contributed by atoms with Gasteiger partial charge in [0.2, 0.25) is 12.8 Å². The van der Waals surface area contributed by atoms with E-state index in [4.69, 9.17) is 14.2 Å². The van der Waals surface area contributed by atoms with Crippen LogP contribution in [0.2, 0.25) is 0 Å². The minimum Gasteiger partial charge on any atom is -0.454 e. The number of aliphatic imine (C=N–C) groups is 1. The zero-order valence-electron chi connectivity index (χ0n) is 17.9. The molecule has 0 unspecified atom stereocenters. The minimum atomic E-state index is -0.263. The van der Waals surface area contributed by atoms with E-state index >= 15 is 0 Å². The highest BCUT2D eigenvalue weighted by Gasteiger charge is 2.18. The molecule has 164 valence electrons. The molecule has 2 aromatic carbocycles. The predicted octanol–water partition coefficient (Wildman–Crippen LogP) is 2.56. The summed E-state index contributed by atoms with van der Waals surface area (Å²) >= 11 is 0. The monoisotopic (exact) mass is 424 g/mol. The van der Waals surface area contributed by atoms with Gasteiger partial charge in [0.05, 0.1) is 19.8 Å². The van der Waals surface area contributed by atoms with Gasteiger partial charge in [0.1, 0.15) is 0 Å². The molecule has 2 N–H and O–H groups in total. The number of nitrogens with one attached hydrogen (secondary N) is 2. The highest BCUT2D eigenvalue weighted by molar-refractivity contribution is 6.10. The van der Waals surface area contributed by atoms with Crippen molar-refractivity contribution in [3.8, 4) is 11.5 Å². The van der Waals surface area contributed by atoms with E-state index in [-0.39, 0.29) is 12.7 Å². The molecule has 1 amide bonds. The molecule has 8 nitrogen and oxygen atoms in total. The molecule has 0 radical (unpaired) electrons. The molecule has 1 saturated heterocycles. The number of anilines is 1. The number of guanidine groups is 1. The highest BCUT2D eigenvalue weighted by atomic mass is 16.7.